The molecule has 0 spiro atoms. The van der Waals surface area contributed by atoms with E-state index in [1.807, 2.05) is 0 Å². The predicted molar refractivity (Wildman–Crippen MR) is 81.1 cm³/mol. The van der Waals surface area contributed by atoms with Crippen LogP contribution >= 0.6 is 0 Å². The highest BCUT2D eigenvalue weighted by Crippen LogP contribution is 2.20. The fourth-order valence-electron chi connectivity index (χ4n) is 2.20. The van der Waals surface area contributed by atoms with E-state index in [0.29, 0.717) is 5.75 Å². The molecule has 0 aromatic heterocycles. The number of hydrogen-bond donors (Lipinski definition) is 0. The SMILES string of the molecule is COc1ccc(OCC2COC(c3c(F)cccc3F)=N2)cc1. The predicted octanol–water partition coefficient (Wildman–Crippen LogP) is 3.20. The van der Waals surface area contributed by atoms with Crippen molar-refractivity contribution in [3.63, 3.8) is 0 Å². The lowest BCUT2D eigenvalue weighted by molar-refractivity contribution is 0.242. The molecule has 2 aromatic rings. The maximum absolute atomic E-state index is 13.7. The molecule has 0 radical (unpaired) electrons. The summed E-state index contributed by atoms with van der Waals surface area (Å²) in [4.78, 5) is 4.19. The Labute approximate surface area is 132 Å². The van der Waals surface area contributed by atoms with E-state index in [9.17, 15) is 8.78 Å². The van der Waals surface area contributed by atoms with Crippen LogP contribution in [0.4, 0.5) is 8.78 Å². The largest absolute Gasteiger partial charge is 0.497 e. The summed E-state index contributed by atoms with van der Waals surface area (Å²) in [5.74, 6) is -0.0201. The molecule has 0 saturated heterocycles. The summed E-state index contributed by atoms with van der Waals surface area (Å²) in [5, 5.41) is 0. The van der Waals surface area contributed by atoms with Crippen molar-refractivity contribution in [2.24, 2.45) is 4.99 Å². The van der Waals surface area contributed by atoms with Crippen LogP contribution in [-0.2, 0) is 4.74 Å². The van der Waals surface area contributed by atoms with Gasteiger partial charge in [-0.15, -0.1) is 0 Å². The quantitative estimate of drug-likeness (QED) is 0.850. The number of halogens is 2. The number of rotatable bonds is 5. The minimum atomic E-state index is -0.694. The summed E-state index contributed by atoms with van der Waals surface area (Å²) >= 11 is 0. The Balaban J connectivity index is 1.65. The first-order valence-electron chi connectivity index (χ1n) is 7.09. The molecule has 3 rings (SSSR count). The number of hydrogen-bond acceptors (Lipinski definition) is 4. The molecule has 0 aliphatic carbocycles. The first kappa shape index (κ1) is 15.3. The molecular formula is C17H15F2NO3. The monoisotopic (exact) mass is 319 g/mol. The second-order valence-corrected chi connectivity index (χ2v) is 4.98. The summed E-state index contributed by atoms with van der Waals surface area (Å²) in [6, 6.07) is 10.4. The molecule has 0 amide bonds. The van der Waals surface area contributed by atoms with Crippen LogP contribution in [0.5, 0.6) is 11.5 Å². The summed E-state index contributed by atoms with van der Waals surface area (Å²) in [6.45, 7) is 0.477. The highest BCUT2D eigenvalue weighted by molar-refractivity contribution is 5.95. The van der Waals surface area contributed by atoms with E-state index in [1.165, 1.54) is 18.2 Å². The van der Waals surface area contributed by atoms with Gasteiger partial charge in [-0.3, -0.25) is 0 Å². The van der Waals surface area contributed by atoms with Crippen LogP contribution in [-0.4, -0.2) is 32.3 Å². The van der Waals surface area contributed by atoms with Crippen LogP contribution in [0.25, 0.3) is 0 Å². The number of ether oxygens (including phenoxy) is 3. The van der Waals surface area contributed by atoms with Gasteiger partial charge < -0.3 is 14.2 Å². The molecule has 2 aromatic carbocycles. The van der Waals surface area contributed by atoms with Gasteiger partial charge in [0, 0.05) is 0 Å². The van der Waals surface area contributed by atoms with Crippen LogP contribution < -0.4 is 9.47 Å². The van der Waals surface area contributed by atoms with Crippen molar-refractivity contribution in [1.82, 2.24) is 0 Å². The molecule has 0 bridgehead atoms. The zero-order valence-electron chi connectivity index (χ0n) is 12.5. The molecule has 0 N–H and O–H groups in total. The third kappa shape index (κ3) is 3.41. The van der Waals surface area contributed by atoms with Gasteiger partial charge in [0.05, 0.1) is 7.11 Å². The van der Waals surface area contributed by atoms with Gasteiger partial charge in [-0.2, -0.15) is 0 Å². The van der Waals surface area contributed by atoms with Crippen LogP contribution in [0.1, 0.15) is 5.56 Å². The van der Waals surface area contributed by atoms with E-state index in [1.54, 1.807) is 31.4 Å². The molecule has 4 nitrogen and oxygen atoms in total. The Hall–Kier alpha value is -2.63. The van der Waals surface area contributed by atoms with Crippen molar-refractivity contribution in [3.05, 3.63) is 59.7 Å². The lowest BCUT2D eigenvalue weighted by Gasteiger charge is -2.08. The fourth-order valence-corrected chi connectivity index (χ4v) is 2.20. The highest BCUT2D eigenvalue weighted by atomic mass is 19.1. The number of nitrogens with zero attached hydrogens (tertiary/aromatic N) is 1. The normalized spacial score (nSPS) is 16.7. The molecule has 120 valence electrons. The topological polar surface area (TPSA) is 40.0 Å². The molecule has 1 heterocycles. The Kier molecular flexibility index (Phi) is 4.41. The molecular weight excluding hydrogens is 304 g/mol. The molecule has 1 unspecified atom stereocenters. The third-order valence-corrected chi connectivity index (χ3v) is 3.39. The molecule has 1 aliphatic heterocycles. The smallest absolute Gasteiger partial charge is 0.222 e. The summed E-state index contributed by atoms with van der Waals surface area (Å²) in [7, 11) is 1.59. The molecule has 6 heteroatoms. The lowest BCUT2D eigenvalue weighted by atomic mass is 10.2. The van der Waals surface area contributed by atoms with Crippen LogP contribution in [0.15, 0.2) is 47.5 Å². The first-order valence-corrected chi connectivity index (χ1v) is 7.09. The Morgan fingerprint density at radius 1 is 1.09 bits per heavy atom. The fraction of sp³-hybridized carbons (Fsp3) is 0.235. The average molecular weight is 319 g/mol. The van der Waals surface area contributed by atoms with Crippen LogP contribution in [0, 0.1) is 11.6 Å². The number of methoxy groups -OCH3 is 1. The van der Waals surface area contributed by atoms with Gasteiger partial charge in [-0.1, -0.05) is 6.07 Å². The van der Waals surface area contributed by atoms with E-state index >= 15 is 0 Å². The van der Waals surface area contributed by atoms with E-state index in [-0.39, 0.29) is 30.7 Å². The first-order chi connectivity index (χ1) is 11.2. The number of benzene rings is 2. The van der Waals surface area contributed by atoms with Gasteiger partial charge in [-0.05, 0) is 36.4 Å². The Morgan fingerprint density at radius 2 is 1.74 bits per heavy atom. The molecule has 0 fully saturated rings. The molecule has 1 aliphatic rings. The van der Waals surface area contributed by atoms with Gasteiger partial charge in [0.15, 0.2) is 0 Å². The average Bonchev–Trinajstić information content (AvgIpc) is 3.02. The lowest BCUT2D eigenvalue weighted by Crippen LogP contribution is -2.16. The maximum atomic E-state index is 13.7. The van der Waals surface area contributed by atoms with Crippen molar-refractivity contribution in [2.45, 2.75) is 6.04 Å². The van der Waals surface area contributed by atoms with E-state index in [4.69, 9.17) is 14.2 Å². The van der Waals surface area contributed by atoms with E-state index in [2.05, 4.69) is 4.99 Å². The number of aliphatic imine (C=N–C) groups is 1. The summed E-state index contributed by atoms with van der Waals surface area (Å²) in [5.41, 5.74) is -0.237. The summed E-state index contributed by atoms with van der Waals surface area (Å²) < 4.78 is 43.4. The van der Waals surface area contributed by atoms with Crippen molar-refractivity contribution in [3.8, 4) is 11.5 Å². The van der Waals surface area contributed by atoms with Gasteiger partial charge in [-0.25, -0.2) is 13.8 Å². The summed E-state index contributed by atoms with van der Waals surface area (Å²) in [6.07, 6.45) is 0. The third-order valence-electron chi connectivity index (χ3n) is 3.39. The highest BCUT2D eigenvalue weighted by Gasteiger charge is 2.25. The van der Waals surface area contributed by atoms with Crippen molar-refractivity contribution in [1.29, 1.82) is 0 Å². The minimum Gasteiger partial charge on any atom is -0.497 e. The van der Waals surface area contributed by atoms with Crippen molar-refractivity contribution in [2.75, 3.05) is 20.3 Å². The van der Waals surface area contributed by atoms with Crippen molar-refractivity contribution < 1.29 is 23.0 Å². The molecule has 0 saturated carbocycles. The van der Waals surface area contributed by atoms with E-state index in [0.717, 1.165) is 5.75 Å². The van der Waals surface area contributed by atoms with Crippen molar-refractivity contribution >= 4 is 5.90 Å². The van der Waals surface area contributed by atoms with Gasteiger partial charge in [0.2, 0.25) is 5.90 Å². The second kappa shape index (κ2) is 6.64. The minimum absolute atomic E-state index is 0.0241. The Bertz CT molecular complexity index is 696. The van der Waals surface area contributed by atoms with E-state index < -0.39 is 11.6 Å². The maximum Gasteiger partial charge on any atom is 0.222 e. The van der Waals surface area contributed by atoms with Gasteiger partial charge in [0.25, 0.3) is 0 Å². The standard InChI is InChI=1S/C17H15F2NO3/c1-21-12-5-7-13(8-6-12)22-9-11-10-23-17(20-11)16-14(18)3-2-4-15(16)19/h2-8,11H,9-10H2,1H3. The molecule has 23 heavy (non-hydrogen) atoms. The second-order valence-electron chi connectivity index (χ2n) is 4.98. The van der Waals surface area contributed by atoms with Gasteiger partial charge >= 0.3 is 0 Å². The van der Waals surface area contributed by atoms with Crippen LogP contribution in [0.2, 0.25) is 0 Å². The Morgan fingerprint density at radius 3 is 2.39 bits per heavy atom. The zero-order valence-corrected chi connectivity index (χ0v) is 12.5. The van der Waals surface area contributed by atoms with Gasteiger partial charge in [0.1, 0.15) is 48.0 Å². The zero-order chi connectivity index (χ0) is 16.2. The molecule has 1 atom stereocenters. The van der Waals surface area contributed by atoms with Crippen LogP contribution in [0.3, 0.4) is 0 Å².